The van der Waals surface area contributed by atoms with E-state index in [0.717, 1.165) is 22.0 Å². The first-order chi connectivity index (χ1) is 8.72. The number of hydrogen-bond donors (Lipinski definition) is 1. The highest BCUT2D eigenvalue weighted by atomic mass is 19.1. The maximum absolute atomic E-state index is 12.8. The second kappa shape index (κ2) is 4.07. The summed E-state index contributed by atoms with van der Waals surface area (Å²) in [6.45, 7) is 0. The first kappa shape index (κ1) is 10.7. The Morgan fingerprint density at radius 3 is 2.56 bits per heavy atom. The fourth-order valence-electron chi connectivity index (χ4n) is 1.86. The van der Waals surface area contributed by atoms with Crippen LogP contribution in [-0.2, 0) is 0 Å². The summed E-state index contributed by atoms with van der Waals surface area (Å²) < 4.78 is 12.8. The van der Waals surface area contributed by atoms with Crippen LogP contribution in [0, 0.1) is 5.82 Å². The highest BCUT2D eigenvalue weighted by Crippen LogP contribution is 2.23. The second-order valence-corrected chi connectivity index (χ2v) is 4.03. The molecule has 3 nitrogen and oxygen atoms in total. The lowest BCUT2D eigenvalue weighted by molar-refractivity contribution is 0.622. The molecule has 0 aliphatic heterocycles. The Morgan fingerprint density at radius 2 is 1.78 bits per heavy atom. The topological polar surface area (TPSA) is 51.8 Å². The molecule has 0 amide bonds. The number of nitrogens with two attached hydrogens (primary N) is 1. The van der Waals surface area contributed by atoms with Crippen molar-refractivity contribution in [2.24, 2.45) is 0 Å². The van der Waals surface area contributed by atoms with Crippen LogP contribution in [0.25, 0.3) is 22.0 Å². The molecular formula is C14H10FN3. The molecule has 0 aliphatic rings. The van der Waals surface area contributed by atoms with Crippen molar-refractivity contribution in [2.75, 3.05) is 5.73 Å². The predicted molar refractivity (Wildman–Crippen MR) is 69.3 cm³/mol. The predicted octanol–water partition coefficient (Wildman–Crippen LogP) is 3.02. The van der Waals surface area contributed by atoms with Crippen LogP contribution in [0.4, 0.5) is 10.2 Å². The minimum atomic E-state index is -0.339. The minimum absolute atomic E-state index is 0.339. The fraction of sp³-hybridized carbons (Fsp3) is 0. The number of nitrogen functional groups attached to an aromatic ring is 1. The van der Waals surface area contributed by atoms with Gasteiger partial charge >= 0.3 is 0 Å². The lowest BCUT2D eigenvalue weighted by Gasteiger charge is -2.03. The highest BCUT2D eigenvalue weighted by Gasteiger charge is 2.02. The SMILES string of the molecule is Nc1cc2ccc(-c3ccc(F)cn3)cc2cn1. The molecule has 0 aliphatic carbocycles. The minimum Gasteiger partial charge on any atom is -0.384 e. The number of hydrogen-bond acceptors (Lipinski definition) is 3. The van der Waals surface area contributed by atoms with Gasteiger partial charge in [0.1, 0.15) is 11.6 Å². The average molecular weight is 239 g/mol. The van der Waals surface area contributed by atoms with Crippen molar-refractivity contribution in [1.29, 1.82) is 0 Å². The number of benzene rings is 1. The van der Waals surface area contributed by atoms with E-state index in [4.69, 9.17) is 5.73 Å². The molecule has 3 rings (SSSR count). The maximum atomic E-state index is 12.8. The summed E-state index contributed by atoms with van der Waals surface area (Å²) in [5, 5.41) is 2.00. The first-order valence-corrected chi connectivity index (χ1v) is 5.49. The molecule has 0 fully saturated rings. The monoisotopic (exact) mass is 239 g/mol. The van der Waals surface area contributed by atoms with Gasteiger partial charge in [0, 0.05) is 17.1 Å². The van der Waals surface area contributed by atoms with Crippen molar-refractivity contribution in [3.05, 3.63) is 54.6 Å². The Bertz CT molecular complexity index is 708. The third-order valence-corrected chi connectivity index (χ3v) is 2.77. The third-order valence-electron chi connectivity index (χ3n) is 2.77. The van der Waals surface area contributed by atoms with Crippen molar-refractivity contribution in [3.63, 3.8) is 0 Å². The van der Waals surface area contributed by atoms with Gasteiger partial charge in [0.15, 0.2) is 0 Å². The number of rotatable bonds is 1. The molecule has 1 aromatic carbocycles. The van der Waals surface area contributed by atoms with E-state index in [1.165, 1.54) is 12.3 Å². The van der Waals surface area contributed by atoms with Gasteiger partial charge in [-0.25, -0.2) is 9.37 Å². The molecule has 0 unspecified atom stereocenters. The van der Waals surface area contributed by atoms with Crippen molar-refractivity contribution in [3.8, 4) is 11.3 Å². The number of fused-ring (bicyclic) bond motifs is 1. The largest absolute Gasteiger partial charge is 0.384 e. The summed E-state index contributed by atoms with van der Waals surface area (Å²) in [5.74, 6) is 0.157. The summed E-state index contributed by atoms with van der Waals surface area (Å²) in [4.78, 5) is 8.11. The Kier molecular flexibility index (Phi) is 2.41. The molecule has 2 N–H and O–H groups in total. The van der Waals surface area contributed by atoms with Crippen LogP contribution in [0.3, 0.4) is 0 Å². The quantitative estimate of drug-likeness (QED) is 0.710. The number of aromatic nitrogens is 2. The summed E-state index contributed by atoms with van der Waals surface area (Å²) in [6, 6.07) is 10.7. The smallest absolute Gasteiger partial charge is 0.141 e. The zero-order valence-electron chi connectivity index (χ0n) is 9.47. The Labute approximate surface area is 103 Å². The lowest BCUT2D eigenvalue weighted by Crippen LogP contribution is -1.89. The maximum Gasteiger partial charge on any atom is 0.141 e. The molecule has 0 saturated heterocycles. The molecule has 2 heterocycles. The summed E-state index contributed by atoms with van der Waals surface area (Å²) in [6.07, 6.45) is 2.93. The summed E-state index contributed by atoms with van der Waals surface area (Å²) in [7, 11) is 0. The van der Waals surface area contributed by atoms with Gasteiger partial charge < -0.3 is 5.73 Å². The summed E-state index contributed by atoms with van der Waals surface area (Å²) >= 11 is 0. The van der Waals surface area contributed by atoms with E-state index in [1.807, 2.05) is 24.3 Å². The van der Waals surface area contributed by atoms with Gasteiger partial charge in [-0.1, -0.05) is 12.1 Å². The van der Waals surface area contributed by atoms with E-state index in [1.54, 1.807) is 12.3 Å². The molecule has 2 aromatic heterocycles. The fourth-order valence-corrected chi connectivity index (χ4v) is 1.86. The number of nitrogens with zero attached hydrogens (tertiary/aromatic N) is 2. The number of anilines is 1. The van der Waals surface area contributed by atoms with Gasteiger partial charge in [-0.05, 0) is 29.7 Å². The average Bonchev–Trinajstić information content (AvgIpc) is 2.39. The molecule has 0 saturated carbocycles. The zero-order chi connectivity index (χ0) is 12.5. The molecule has 0 radical (unpaired) electrons. The molecule has 0 atom stereocenters. The van der Waals surface area contributed by atoms with Crippen LogP contribution in [0.5, 0.6) is 0 Å². The van der Waals surface area contributed by atoms with Crippen LogP contribution in [0.2, 0.25) is 0 Å². The van der Waals surface area contributed by atoms with Gasteiger partial charge in [-0.3, -0.25) is 4.98 Å². The number of pyridine rings is 2. The van der Waals surface area contributed by atoms with E-state index in [2.05, 4.69) is 9.97 Å². The normalized spacial score (nSPS) is 10.7. The molecule has 3 aromatic rings. The van der Waals surface area contributed by atoms with Crippen LogP contribution in [-0.4, -0.2) is 9.97 Å². The third kappa shape index (κ3) is 1.88. The van der Waals surface area contributed by atoms with Gasteiger partial charge in [0.25, 0.3) is 0 Å². The van der Waals surface area contributed by atoms with Crippen LogP contribution in [0.15, 0.2) is 48.8 Å². The second-order valence-electron chi connectivity index (χ2n) is 4.03. The van der Waals surface area contributed by atoms with E-state index in [9.17, 15) is 4.39 Å². The van der Waals surface area contributed by atoms with Gasteiger partial charge in [0.05, 0.1) is 11.9 Å². The molecule has 18 heavy (non-hydrogen) atoms. The molecule has 4 heteroatoms. The van der Waals surface area contributed by atoms with Crippen molar-refractivity contribution in [1.82, 2.24) is 9.97 Å². The number of halogens is 1. The van der Waals surface area contributed by atoms with Crippen LogP contribution in [0.1, 0.15) is 0 Å². The van der Waals surface area contributed by atoms with E-state index in [-0.39, 0.29) is 5.82 Å². The Balaban J connectivity index is 2.13. The van der Waals surface area contributed by atoms with Gasteiger partial charge in [0.2, 0.25) is 0 Å². The lowest BCUT2D eigenvalue weighted by atomic mass is 10.1. The van der Waals surface area contributed by atoms with E-state index >= 15 is 0 Å². The summed E-state index contributed by atoms with van der Waals surface area (Å²) in [5.41, 5.74) is 7.28. The first-order valence-electron chi connectivity index (χ1n) is 5.49. The highest BCUT2D eigenvalue weighted by molar-refractivity contribution is 5.87. The molecule has 0 bridgehead atoms. The Morgan fingerprint density at radius 1 is 0.889 bits per heavy atom. The Hall–Kier alpha value is -2.49. The standard InChI is InChI=1S/C14H10FN3/c15-12-3-4-13(17-8-12)10-2-1-9-6-14(16)18-7-11(9)5-10/h1-8H,(H2,16,18). The van der Waals surface area contributed by atoms with Gasteiger partial charge in [-0.2, -0.15) is 0 Å². The molecular weight excluding hydrogens is 229 g/mol. The van der Waals surface area contributed by atoms with E-state index in [0.29, 0.717) is 5.82 Å². The molecule has 0 spiro atoms. The van der Waals surface area contributed by atoms with Crippen molar-refractivity contribution in [2.45, 2.75) is 0 Å². The van der Waals surface area contributed by atoms with Crippen molar-refractivity contribution < 1.29 is 4.39 Å². The van der Waals surface area contributed by atoms with Gasteiger partial charge in [-0.15, -0.1) is 0 Å². The van der Waals surface area contributed by atoms with E-state index < -0.39 is 0 Å². The van der Waals surface area contributed by atoms with Crippen LogP contribution < -0.4 is 5.73 Å². The van der Waals surface area contributed by atoms with Crippen molar-refractivity contribution >= 4 is 16.6 Å². The van der Waals surface area contributed by atoms with Crippen LogP contribution >= 0.6 is 0 Å². The zero-order valence-corrected chi connectivity index (χ0v) is 9.47. The molecule has 88 valence electrons.